The van der Waals surface area contributed by atoms with Crippen LogP contribution in [0.5, 0.6) is 0 Å². The lowest BCUT2D eigenvalue weighted by Gasteiger charge is -2.19. The van der Waals surface area contributed by atoms with Crippen molar-refractivity contribution in [3.63, 3.8) is 0 Å². The Bertz CT molecular complexity index is 1050. The minimum atomic E-state index is -0.617. The number of nitrogens with zero attached hydrogens (tertiary/aromatic N) is 2. The third-order valence-electron chi connectivity index (χ3n) is 4.41. The topological polar surface area (TPSA) is 136 Å². The van der Waals surface area contributed by atoms with Crippen LogP contribution in [0.25, 0.3) is 10.9 Å². The first kappa shape index (κ1) is 20.1. The predicted molar refractivity (Wildman–Crippen MR) is 114 cm³/mol. The number of anilines is 3. The summed E-state index contributed by atoms with van der Waals surface area (Å²) in [6.45, 7) is 4.00. The van der Waals surface area contributed by atoms with Crippen molar-refractivity contribution in [2.24, 2.45) is 17.4 Å². The molecule has 3 aromatic rings. The van der Waals surface area contributed by atoms with Gasteiger partial charge in [0.15, 0.2) is 0 Å². The van der Waals surface area contributed by atoms with E-state index in [2.05, 4.69) is 20.6 Å². The number of carbonyl (C=O) groups excluding carboxylic acids is 2. The Morgan fingerprint density at radius 3 is 2.52 bits per heavy atom. The molecule has 0 saturated carbocycles. The van der Waals surface area contributed by atoms with Gasteiger partial charge in [-0.3, -0.25) is 14.6 Å². The van der Waals surface area contributed by atoms with Crippen molar-refractivity contribution in [3.05, 3.63) is 54.4 Å². The zero-order valence-corrected chi connectivity index (χ0v) is 16.3. The average Bonchev–Trinajstić information content (AvgIpc) is 2.67. The lowest BCUT2D eigenvalue weighted by atomic mass is 10.0. The van der Waals surface area contributed by atoms with E-state index in [1.165, 1.54) is 6.20 Å². The quantitative estimate of drug-likeness (QED) is 0.465. The Balaban J connectivity index is 1.91. The summed E-state index contributed by atoms with van der Waals surface area (Å²) in [7, 11) is 0. The van der Waals surface area contributed by atoms with Gasteiger partial charge in [-0.05, 0) is 24.5 Å². The normalized spacial score (nSPS) is 12.0. The number of primary amides is 2. The molecule has 2 amide bonds. The van der Waals surface area contributed by atoms with Gasteiger partial charge in [-0.2, -0.15) is 0 Å². The number of para-hydroxylation sites is 1. The van der Waals surface area contributed by atoms with Crippen LogP contribution in [0.2, 0.25) is 0 Å². The predicted octanol–water partition coefficient (Wildman–Crippen LogP) is 2.78. The third kappa shape index (κ3) is 4.98. The van der Waals surface area contributed by atoms with Gasteiger partial charge in [0.25, 0.3) is 5.91 Å². The summed E-state index contributed by atoms with van der Waals surface area (Å²) >= 11 is 0. The van der Waals surface area contributed by atoms with Crippen LogP contribution in [0.1, 0.15) is 30.6 Å². The number of pyridine rings is 2. The molecule has 0 saturated heterocycles. The highest BCUT2D eigenvalue weighted by atomic mass is 16.1. The van der Waals surface area contributed by atoms with E-state index >= 15 is 0 Å². The fourth-order valence-electron chi connectivity index (χ4n) is 3.03. The van der Waals surface area contributed by atoms with Crippen LogP contribution in [0, 0.1) is 5.92 Å². The summed E-state index contributed by atoms with van der Waals surface area (Å²) in [5, 5.41) is 7.16. The number of fused-ring (bicyclic) bond motifs is 1. The van der Waals surface area contributed by atoms with Crippen LogP contribution in [-0.2, 0) is 4.79 Å². The first-order valence-corrected chi connectivity index (χ1v) is 9.31. The molecule has 3 rings (SSSR count). The number of hydrogen-bond donors (Lipinski definition) is 4. The van der Waals surface area contributed by atoms with Crippen molar-refractivity contribution in [1.29, 1.82) is 0 Å². The van der Waals surface area contributed by atoms with Crippen molar-refractivity contribution in [3.8, 4) is 0 Å². The molecular weight excluding hydrogens is 368 g/mol. The molecule has 0 aliphatic carbocycles. The van der Waals surface area contributed by atoms with Crippen molar-refractivity contribution in [2.45, 2.75) is 26.3 Å². The number of benzene rings is 1. The SMILES string of the molecule is CC(C)C[C@@H](Nc1cc(Nc2cnc3ccccc3c2)c(C(N)=O)cn1)C(N)=O. The lowest BCUT2D eigenvalue weighted by molar-refractivity contribution is -0.119. The van der Waals surface area contributed by atoms with Gasteiger partial charge in [-0.1, -0.05) is 32.0 Å². The van der Waals surface area contributed by atoms with Gasteiger partial charge >= 0.3 is 0 Å². The van der Waals surface area contributed by atoms with Gasteiger partial charge in [0.2, 0.25) is 5.91 Å². The van der Waals surface area contributed by atoms with Gasteiger partial charge < -0.3 is 22.1 Å². The van der Waals surface area contributed by atoms with Crippen LogP contribution in [0.4, 0.5) is 17.2 Å². The van der Waals surface area contributed by atoms with Crippen LogP contribution in [0.3, 0.4) is 0 Å². The Kier molecular flexibility index (Phi) is 5.92. The second kappa shape index (κ2) is 8.55. The van der Waals surface area contributed by atoms with E-state index in [0.717, 1.165) is 10.9 Å². The molecule has 1 atom stereocenters. The van der Waals surface area contributed by atoms with Gasteiger partial charge in [0.05, 0.1) is 28.7 Å². The molecule has 0 unspecified atom stereocenters. The van der Waals surface area contributed by atoms with Gasteiger partial charge in [0, 0.05) is 17.6 Å². The van der Waals surface area contributed by atoms with E-state index in [-0.39, 0.29) is 11.5 Å². The number of nitrogens with one attached hydrogen (secondary N) is 2. The molecule has 2 aromatic heterocycles. The Hall–Kier alpha value is -3.68. The summed E-state index contributed by atoms with van der Waals surface area (Å²) in [6.07, 6.45) is 3.60. The maximum Gasteiger partial charge on any atom is 0.252 e. The minimum Gasteiger partial charge on any atom is -0.368 e. The molecule has 150 valence electrons. The number of rotatable bonds is 8. The molecule has 8 nitrogen and oxygen atoms in total. The average molecular weight is 392 g/mol. The van der Waals surface area contributed by atoms with Gasteiger partial charge in [0.1, 0.15) is 11.9 Å². The van der Waals surface area contributed by atoms with Crippen LogP contribution in [0.15, 0.2) is 48.8 Å². The van der Waals surface area contributed by atoms with Crippen LogP contribution in [-0.4, -0.2) is 27.8 Å². The Morgan fingerprint density at radius 1 is 1.07 bits per heavy atom. The maximum atomic E-state index is 11.8. The minimum absolute atomic E-state index is 0.225. The summed E-state index contributed by atoms with van der Waals surface area (Å²) < 4.78 is 0. The number of hydrogen-bond acceptors (Lipinski definition) is 6. The second-order valence-corrected chi connectivity index (χ2v) is 7.25. The summed E-state index contributed by atoms with van der Waals surface area (Å²) in [5.74, 6) is -0.400. The van der Waals surface area contributed by atoms with Gasteiger partial charge in [-0.15, -0.1) is 0 Å². The van der Waals surface area contributed by atoms with E-state index in [9.17, 15) is 9.59 Å². The second-order valence-electron chi connectivity index (χ2n) is 7.25. The highest BCUT2D eigenvalue weighted by Gasteiger charge is 2.19. The summed E-state index contributed by atoms with van der Waals surface area (Å²) in [5.41, 5.74) is 13.2. The zero-order valence-electron chi connectivity index (χ0n) is 16.3. The number of amides is 2. The molecule has 6 N–H and O–H groups in total. The molecule has 29 heavy (non-hydrogen) atoms. The van der Waals surface area contributed by atoms with Crippen molar-refractivity contribution >= 4 is 39.9 Å². The lowest BCUT2D eigenvalue weighted by Crippen LogP contribution is -2.36. The molecule has 0 bridgehead atoms. The first-order valence-electron chi connectivity index (χ1n) is 9.31. The highest BCUT2D eigenvalue weighted by Crippen LogP contribution is 2.25. The van der Waals surface area contributed by atoms with E-state index in [4.69, 9.17) is 11.5 Å². The maximum absolute atomic E-state index is 11.8. The monoisotopic (exact) mass is 392 g/mol. The van der Waals surface area contributed by atoms with Crippen molar-refractivity contribution in [2.75, 3.05) is 10.6 Å². The number of nitrogens with two attached hydrogens (primary N) is 2. The summed E-state index contributed by atoms with van der Waals surface area (Å²) in [6, 6.07) is 10.7. The van der Waals surface area contributed by atoms with E-state index in [1.54, 1.807) is 12.3 Å². The molecular formula is C21H24N6O2. The molecule has 8 heteroatoms. The third-order valence-corrected chi connectivity index (χ3v) is 4.41. The molecule has 0 spiro atoms. The molecule has 0 aliphatic heterocycles. The molecule has 1 aromatic carbocycles. The van der Waals surface area contributed by atoms with Crippen LogP contribution >= 0.6 is 0 Å². The first-order chi connectivity index (χ1) is 13.8. The van der Waals surface area contributed by atoms with Gasteiger partial charge in [-0.25, -0.2) is 4.98 Å². The Labute approximate surface area is 168 Å². The number of aromatic nitrogens is 2. The largest absolute Gasteiger partial charge is 0.368 e. The zero-order chi connectivity index (χ0) is 21.0. The number of carbonyl (C=O) groups is 2. The Morgan fingerprint density at radius 2 is 1.83 bits per heavy atom. The molecule has 0 radical (unpaired) electrons. The van der Waals surface area contributed by atoms with Crippen LogP contribution < -0.4 is 22.1 Å². The standard InChI is InChI=1S/C21H24N6O2/c1-12(2)7-18(21(23)29)27-19-9-17(15(11-25-19)20(22)28)26-14-8-13-5-3-4-6-16(13)24-10-14/h3-6,8-12,18H,7H2,1-2H3,(H2,22,28)(H2,23,29)(H2,25,26,27)/t18-/m1/s1. The van der Waals surface area contributed by atoms with E-state index in [0.29, 0.717) is 23.6 Å². The fourth-order valence-corrected chi connectivity index (χ4v) is 3.03. The van der Waals surface area contributed by atoms with Crippen molar-refractivity contribution in [1.82, 2.24) is 9.97 Å². The van der Waals surface area contributed by atoms with E-state index in [1.807, 2.05) is 44.2 Å². The summed E-state index contributed by atoms with van der Waals surface area (Å²) in [4.78, 5) is 32.2. The van der Waals surface area contributed by atoms with E-state index < -0.39 is 17.9 Å². The highest BCUT2D eigenvalue weighted by molar-refractivity contribution is 5.99. The molecule has 0 fully saturated rings. The smallest absolute Gasteiger partial charge is 0.252 e. The molecule has 2 heterocycles. The molecule has 0 aliphatic rings. The fraction of sp³-hybridized carbons (Fsp3) is 0.238. The van der Waals surface area contributed by atoms with Crippen molar-refractivity contribution < 1.29 is 9.59 Å².